The highest BCUT2D eigenvalue weighted by atomic mass is 16.5. The summed E-state index contributed by atoms with van der Waals surface area (Å²) >= 11 is 0. The van der Waals surface area contributed by atoms with Gasteiger partial charge in [0.15, 0.2) is 5.82 Å². The van der Waals surface area contributed by atoms with Crippen LogP contribution in [0.3, 0.4) is 0 Å². The molecule has 1 atom stereocenters. The quantitative estimate of drug-likeness (QED) is 0.127. The molecule has 0 spiro atoms. The van der Waals surface area contributed by atoms with Crippen molar-refractivity contribution in [3.63, 3.8) is 0 Å². The van der Waals surface area contributed by atoms with Crippen LogP contribution in [0.15, 0.2) is 127 Å². The monoisotopic (exact) mass is 715 g/mol. The van der Waals surface area contributed by atoms with Crippen molar-refractivity contribution in [3.05, 3.63) is 161 Å². The number of hydrogen-bond donors (Lipinski definition) is 1. The lowest BCUT2D eigenvalue weighted by Gasteiger charge is -2.36. The fraction of sp³-hybridized carbons (Fsp3) is 0.239. The topological polar surface area (TPSA) is 85.3 Å². The van der Waals surface area contributed by atoms with Crippen LogP contribution in [0.5, 0.6) is 5.75 Å². The lowest BCUT2D eigenvalue weighted by Crippen LogP contribution is -2.49. The Hall–Kier alpha value is -5.99. The number of aromatic amines is 1. The summed E-state index contributed by atoms with van der Waals surface area (Å²) in [4.78, 5) is 21.3. The van der Waals surface area contributed by atoms with Crippen molar-refractivity contribution in [1.82, 2.24) is 24.6 Å². The highest BCUT2D eigenvalue weighted by molar-refractivity contribution is 5.94. The minimum atomic E-state index is -0.429. The first kappa shape index (κ1) is 35.1. The van der Waals surface area contributed by atoms with Crippen molar-refractivity contribution in [3.8, 4) is 28.4 Å². The highest BCUT2D eigenvalue weighted by Crippen LogP contribution is 2.36. The number of esters is 1. The third-order valence-corrected chi connectivity index (χ3v) is 10.4. The first-order valence-corrected chi connectivity index (χ1v) is 18.8. The molecule has 0 bridgehead atoms. The van der Waals surface area contributed by atoms with Crippen molar-refractivity contribution < 1.29 is 14.3 Å². The predicted molar refractivity (Wildman–Crippen MR) is 213 cm³/mol. The number of aromatic nitrogens is 4. The van der Waals surface area contributed by atoms with Crippen LogP contribution in [0, 0.1) is 0 Å². The molecule has 2 aromatic heterocycles. The molecule has 272 valence electrons. The SMILES string of the molecule is CCc1cc(OCc2ccccc2)ccc1-c1ccc2c(-c3nc4c(n3Cc3ccccc3)C[C@@H](C(=O)OCc3ccccc3)N(C(C)C)C4)n[nH]c2c1. The third-order valence-electron chi connectivity index (χ3n) is 10.4. The largest absolute Gasteiger partial charge is 0.489 e. The number of rotatable bonds is 12. The van der Waals surface area contributed by atoms with Gasteiger partial charge in [0.2, 0.25) is 0 Å². The molecular weight excluding hydrogens is 671 g/mol. The molecule has 8 heteroatoms. The number of carbonyl (C=O) groups is 1. The van der Waals surface area contributed by atoms with Crippen LogP contribution in [-0.2, 0) is 48.7 Å². The van der Waals surface area contributed by atoms with E-state index in [1.165, 1.54) is 11.1 Å². The Morgan fingerprint density at radius 2 is 1.52 bits per heavy atom. The van der Waals surface area contributed by atoms with Crippen LogP contribution in [0.4, 0.5) is 0 Å². The van der Waals surface area contributed by atoms with Gasteiger partial charge in [-0.05, 0) is 77.9 Å². The van der Waals surface area contributed by atoms with Crippen molar-refractivity contribution in [2.75, 3.05) is 0 Å². The van der Waals surface area contributed by atoms with E-state index in [-0.39, 0.29) is 18.6 Å². The second kappa shape index (κ2) is 15.5. The lowest BCUT2D eigenvalue weighted by molar-refractivity contribution is -0.153. The maximum absolute atomic E-state index is 13.8. The minimum Gasteiger partial charge on any atom is -0.489 e. The number of nitrogens with zero attached hydrogens (tertiary/aromatic N) is 4. The highest BCUT2D eigenvalue weighted by Gasteiger charge is 2.38. The summed E-state index contributed by atoms with van der Waals surface area (Å²) in [5, 5.41) is 9.22. The van der Waals surface area contributed by atoms with Crippen LogP contribution < -0.4 is 4.74 Å². The van der Waals surface area contributed by atoms with E-state index in [1.54, 1.807) is 0 Å². The van der Waals surface area contributed by atoms with E-state index < -0.39 is 6.04 Å². The summed E-state index contributed by atoms with van der Waals surface area (Å²) < 4.78 is 14.3. The summed E-state index contributed by atoms with van der Waals surface area (Å²) in [6.45, 7) is 8.35. The number of H-pyrrole nitrogens is 1. The zero-order chi connectivity index (χ0) is 37.0. The van der Waals surface area contributed by atoms with Crippen molar-refractivity contribution in [2.24, 2.45) is 0 Å². The number of benzene rings is 5. The van der Waals surface area contributed by atoms with Crippen LogP contribution in [0.1, 0.15) is 54.4 Å². The van der Waals surface area contributed by atoms with E-state index in [0.717, 1.165) is 68.2 Å². The molecule has 1 N–H and O–H groups in total. The Morgan fingerprint density at radius 3 is 2.20 bits per heavy atom. The van der Waals surface area contributed by atoms with E-state index >= 15 is 0 Å². The first-order chi connectivity index (χ1) is 26.4. The number of carbonyl (C=O) groups excluding carboxylic acids is 1. The lowest BCUT2D eigenvalue weighted by atomic mass is 9.96. The molecule has 8 nitrogen and oxygen atoms in total. The van der Waals surface area contributed by atoms with Gasteiger partial charge in [0.25, 0.3) is 0 Å². The number of ether oxygens (including phenoxy) is 2. The number of hydrogen-bond acceptors (Lipinski definition) is 6. The maximum Gasteiger partial charge on any atom is 0.324 e. The molecule has 0 saturated heterocycles. The second-order valence-corrected chi connectivity index (χ2v) is 14.3. The smallest absolute Gasteiger partial charge is 0.324 e. The molecule has 0 radical (unpaired) electrons. The Balaban J connectivity index is 1.12. The molecule has 3 heterocycles. The number of aryl methyl sites for hydroxylation is 1. The predicted octanol–water partition coefficient (Wildman–Crippen LogP) is 9.16. The Morgan fingerprint density at radius 1 is 0.833 bits per heavy atom. The molecule has 0 aliphatic carbocycles. The van der Waals surface area contributed by atoms with Gasteiger partial charge in [0, 0.05) is 36.6 Å². The van der Waals surface area contributed by atoms with Crippen molar-refractivity contribution >= 4 is 16.9 Å². The number of nitrogens with one attached hydrogen (secondary N) is 1. The summed E-state index contributed by atoms with van der Waals surface area (Å²) in [6.07, 6.45) is 1.37. The Labute approximate surface area is 316 Å². The van der Waals surface area contributed by atoms with E-state index in [2.05, 4.69) is 108 Å². The third kappa shape index (κ3) is 7.30. The van der Waals surface area contributed by atoms with Gasteiger partial charge in [0.1, 0.15) is 30.7 Å². The molecule has 1 aliphatic rings. The zero-order valence-electron chi connectivity index (χ0n) is 31.0. The zero-order valence-corrected chi connectivity index (χ0v) is 31.0. The van der Waals surface area contributed by atoms with Gasteiger partial charge in [0.05, 0.1) is 11.2 Å². The van der Waals surface area contributed by atoms with Gasteiger partial charge < -0.3 is 14.0 Å². The normalized spacial score (nSPS) is 14.3. The average Bonchev–Trinajstić information content (AvgIpc) is 3.80. The van der Waals surface area contributed by atoms with Gasteiger partial charge in [-0.25, -0.2) is 4.98 Å². The Kier molecular flexibility index (Phi) is 10.1. The molecular formula is C46H45N5O3. The fourth-order valence-corrected chi connectivity index (χ4v) is 7.51. The summed E-state index contributed by atoms with van der Waals surface area (Å²) in [7, 11) is 0. The van der Waals surface area contributed by atoms with Crippen LogP contribution in [0.25, 0.3) is 33.5 Å². The summed E-state index contributed by atoms with van der Waals surface area (Å²) in [5.41, 5.74) is 10.5. The van der Waals surface area contributed by atoms with Crippen LogP contribution >= 0.6 is 0 Å². The molecule has 0 amide bonds. The fourth-order valence-electron chi connectivity index (χ4n) is 7.51. The average molecular weight is 716 g/mol. The van der Waals surface area contributed by atoms with Gasteiger partial charge >= 0.3 is 5.97 Å². The summed E-state index contributed by atoms with van der Waals surface area (Å²) in [5.74, 6) is 1.44. The van der Waals surface area contributed by atoms with E-state index in [1.807, 2.05) is 54.6 Å². The maximum atomic E-state index is 13.8. The van der Waals surface area contributed by atoms with Gasteiger partial charge in [-0.3, -0.25) is 14.8 Å². The molecule has 7 aromatic rings. The van der Waals surface area contributed by atoms with Crippen LogP contribution in [-0.4, -0.2) is 42.7 Å². The molecule has 54 heavy (non-hydrogen) atoms. The van der Waals surface area contributed by atoms with Crippen molar-refractivity contribution in [2.45, 2.75) is 72.0 Å². The standard InChI is InChI=1S/C46H45N5O3/c1-4-35-24-37(53-29-33-16-10-6-11-17-33)21-23-38(35)36-20-22-39-40(25-36)48-49-44(39)45-47-41-28-50(31(2)3)43(46(52)54-30-34-18-12-7-13-19-34)26-42(41)51(45)27-32-14-8-5-9-15-32/h5-25,31,43H,4,26-30H2,1-3H3,(H,48,49)/t43-/m0/s1. The van der Waals surface area contributed by atoms with E-state index in [4.69, 9.17) is 19.6 Å². The molecule has 8 rings (SSSR count). The Bertz CT molecular complexity index is 2370. The van der Waals surface area contributed by atoms with E-state index in [9.17, 15) is 4.79 Å². The molecule has 0 unspecified atom stereocenters. The first-order valence-electron chi connectivity index (χ1n) is 18.8. The molecule has 5 aromatic carbocycles. The molecule has 0 saturated carbocycles. The van der Waals surface area contributed by atoms with Gasteiger partial charge in [-0.1, -0.05) is 110 Å². The van der Waals surface area contributed by atoms with E-state index in [0.29, 0.717) is 26.1 Å². The number of imidazole rings is 1. The second-order valence-electron chi connectivity index (χ2n) is 14.3. The van der Waals surface area contributed by atoms with Gasteiger partial charge in [-0.15, -0.1) is 0 Å². The van der Waals surface area contributed by atoms with Crippen molar-refractivity contribution in [1.29, 1.82) is 0 Å². The van der Waals surface area contributed by atoms with Crippen LogP contribution in [0.2, 0.25) is 0 Å². The summed E-state index contributed by atoms with van der Waals surface area (Å²) in [6, 6.07) is 43.0. The van der Waals surface area contributed by atoms with Gasteiger partial charge in [-0.2, -0.15) is 5.10 Å². The molecule has 0 fully saturated rings. The minimum absolute atomic E-state index is 0.122. The number of fused-ring (bicyclic) bond motifs is 2. The molecule has 1 aliphatic heterocycles.